The van der Waals surface area contributed by atoms with Crippen molar-refractivity contribution < 1.29 is 18.1 Å². The van der Waals surface area contributed by atoms with E-state index in [0.29, 0.717) is 18.5 Å². The van der Waals surface area contributed by atoms with Gasteiger partial charge >= 0.3 is 0 Å². The molecule has 0 saturated carbocycles. The summed E-state index contributed by atoms with van der Waals surface area (Å²) in [6, 6.07) is 13.9. The van der Waals surface area contributed by atoms with Gasteiger partial charge in [-0.15, -0.1) is 0 Å². The van der Waals surface area contributed by atoms with Crippen molar-refractivity contribution in [1.29, 1.82) is 0 Å². The standard InChI is InChI=1S/C21H27N3O5S/c1-16-11-12-19(24(26)27)14-20(16)23(30(3,28)29)13-7-10-21(25)22-15-17(2)18-8-5-4-6-9-18/h4-6,8-9,11-12,14,17H,7,10,13,15H2,1-3H3,(H,22,25). The van der Waals surface area contributed by atoms with Gasteiger partial charge in [0.15, 0.2) is 0 Å². The third kappa shape index (κ3) is 6.55. The van der Waals surface area contributed by atoms with Gasteiger partial charge in [-0.1, -0.05) is 43.3 Å². The van der Waals surface area contributed by atoms with Crippen LogP contribution >= 0.6 is 0 Å². The lowest BCUT2D eigenvalue weighted by molar-refractivity contribution is -0.384. The van der Waals surface area contributed by atoms with Crippen LogP contribution in [0.1, 0.15) is 36.8 Å². The highest BCUT2D eigenvalue weighted by molar-refractivity contribution is 7.92. The molecular weight excluding hydrogens is 406 g/mol. The number of nitro benzene ring substituents is 1. The van der Waals surface area contributed by atoms with Crippen LogP contribution in [0.15, 0.2) is 48.5 Å². The number of rotatable bonds is 10. The second-order valence-electron chi connectivity index (χ2n) is 7.28. The number of anilines is 1. The maximum absolute atomic E-state index is 12.3. The number of carbonyl (C=O) groups excluding carboxylic acids is 1. The normalized spacial score (nSPS) is 12.2. The minimum absolute atomic E-state index is 0.0580. The number of hydrogen-bond acceptors (Lipinski definition) is 5. The van der Waals surface area contributed by atoms with Crippen LogP contribution in [0.4, 0.5) is 11.4 Å². The number of nitrogens with one attached hydrogen (secondary N) is 1. The monoisotopic (exact) mass is 433 g/mol. The summed E-state index contributed by atoms with van der Waals surface area (Å²) >= 11 is 0. The maximum atomic E-state index is 12.3. The highest BCUT2D eigenvalue weighted by Gasteiger charge is 2.22. The van der Waals surface area contributed by atoms with Gasteiger partial charge in [0.2, 0.25) is 15.9 Å². The van der Waals surface area contributed by atoms with E-state index in [1.165, 1.54) is 18.2 Å². The fourth-order valence-electron chi connectivity index (χ4n) is 3.08. The summed E-state index contributed by atoms with van der Waals surface area (Å²) in [6.45, 7) is 4.26. The third-order valence-electron chi connectivity index (χ3n) is 4.81. The van der Waals surface area contributed by atoms with Gasteiger partial charge in [0.25, 0.3) is 5.69 Å². The van der Waals surface area contributed by atoms with Gasteiger partial charge in [-0.05, 0) is 30.4 Å². The Morgan fingerprint density at radius 1 is 1.20 bits per heavy atom. The number of nitro groups is 1. The molecule has 30 heavy (non-hydrogen) atoms. The van der Waals surface area contributed by atoms with E-state index in [9.17, 15) is 23.3 Å². The number of sulfonamides is 1. The number of carbonyl (C=O) groups is 1. The highest BCUT2D eigenvalue weighted by Crippen LogP contribution is 2.27. The van der Waals surface area contributed by atoms with Crippen molar-refractivity contribution in [3.8, 4) is 0 Å². The summed E-state index contributed by atoms with van der Waals surface area (Å²) in [5.41, 5.74) is 1.80. The van der Waals surface area contributed by atoms with E-state index in [1.54, 1.807) is 6.92 Å². The highest BCUT2D eigenvalue weighted by atomic mass is 32.2. The molecule has 0 aliphatic rings. The van der Waals surface area contributed by atoms with Crippen LogP contribution in [0, 0.1) is 17.0 Å². The Labute approximate surface area is 177 Å². The zero-order valence-corrected chi connectivity index (χ0v) is 18.2. The van der Waals surface area contributed by atoms with E-state index < -0.39 is 14.9 Å². The van der Waals surface area contributed by atoms with Crippen molar-refractivity contribution in [2.75, 3.05) is 23.7 Å². The molecule has 2 rings (SSSR count). The molecule has 0 radical (unpaired) electrons. The molecule has 1 atom stereocenters. The van der Waals surface area contributed by atoms with Crippen LogP contribution in [0.5, 0.6) is 0 Å². The van der Waals surface area contributed by atoms with Gasteiger partial charge in [0, 0.05) is 31.6 Å². The first kappa shape index (κ1) is 23.3. The fourth-order valence-corrected chi connectivity index (χ4v) is 4.10. The van der Waals surface area contributed by atoms with Crippen molar-refractivity contribution in [3.05, 3.63) is 69.8 Å². The molecular formula is C21H27N3O5S. The van der Waals surface area contributed by atoms with Crippen LogP contribution < -0.4 is 9.62 Å². The molecule has 1 amide bonds. The molecule has 0 aliphatic carbocycles. The van der Waals surface area contributed by atoms with E-state index in [-0.39, 0.29) is 36.2 Å². The second kappa shape index (κ2) is 10.2. The molecule has 9 heteroatoms. The molecule has 0 bridgehead atoms. The van der Waals surface area contributed by atoms with Crippen LogP contribution in [0.3, 0.4) is 0 Å². The molecule has 2 aromatic rings. The predicted octanol–water partition coefficient (Wildman–Crippen LogP) is 3.37. The van der Waals surface area contributed by atoms with Gasteiger partial charge in [0.1, 0.15) is 0 Å². The van der Waals surface area contributed by atoms with E-state index in [4.69, 9.17) is 0 Å². The van der Waals surface area contributed by atoms with E-state index in [2.05, 4.69) is 5.32 Å². The first-order valence-corrected chi connectivity index (χ1v) is 11.5. The van der Waals surface area contributed by atoms with Gasteiger partial charge < -0.3 is 5.32 Å². The lowest BCUT2D eigenvalue weighted by atomic mass is 10.0. The zero-order chi connectivity index (χ0) is 22.3. The summed E-state index contributed by atoms with van der Waals surface area (Å²) in [5.74, 6) is -0.00261. The van der Waals surface area contributed by atoms with E-state index >= 15 is 0 Å². The number of hydrogen-bond donors (Lipinski definition) is 1. The Bertz CT molecular complexity index is 993. The predicted molar refractivity (Wildman–Crippen MR) is 117 cm³/mol. The summed E-state index contributed by atoms with van der Waals surface area (Å²) in [7, 11) is -3.66. The number of benzene rings is 2. The van der Waals surface area contributed by atoms with Crippen molar-refractivity contribution in [3.63, 3.8) is 0 Å². The topological polar surface area (TPSA) is 110 Å². The van der Waals surface area contributed by atoms with Crippen molar-refractivity contribution >= 4 is 27.3 Å². The molecule has 0 saturated heterocycles. The first-order valence-electron chi connectivity index (χ1n) is 9.64. The van der Waals surface area contributed by atoms with Crippen molar-refractivity contribution in [2.45, 2.75) is 32.6 Å². The van der Waals surface area contributed by atoms with Gasteiger partial charge in [-0.2, -0.15) is 0 Å². The van der Waals surface area contributed by atoms with Crippen LogP contribution in [-0.2, 0) is 14.8 Å². The average molecular weight is 434 g/mol. The van der Waals surface area contributed by atoms with E-state index in [1.807, 2.05) is 37.3 Å². The number of amides is 1. The zero-order valence-electron chi connectivity index (χ0n) is 17.4. The smallest absolute Gasteiger partial charge is 0.271 e. The van der Waals surface area contributed by atoms with Crippen LogP contribution in [0.2, 0.25) is 0 Å². The molecule has 1 N–H and O–H groups in total. The minimum atomic E-state index is -3.66. The molecule has 0 aliphatic heterocycles. The third-order valence-corrected chi connectivity index (χ3v) is 5.99. The molecule has 1 unspecified atom stereocenters. The van der Waals surface area contributed by atoms with Gasteiger partial charge in [-0.25, -0.2) is 8.42 Å². The SMILES string of the molecule is Cc1ccc([N+](=O)[O-])cc1N(CCCC(=O)NCC(C)c1ccccc1)S(C)(=O)=O. The van der Waals surface area contributed by atoms with Crippen molar-refractivity contribution in [1.82, 2.24) is 5.32 Å². The molecule has 0 fully saturated rings. The quantitative estimate of drug-likeness (QED) is 0.456. The van der Waals surface area contributed by atoms with Gasteiger partial charge in [-0.3, -0.25) is 19.2 Å². The molecule has 0 spiro atoms. The van der Waals surface area contributed by atoms with E-state index in [0.717, 1.165) is 16.1 Å². The summed E-state index contributed by atoms with van der Waals surface area (Å²) < 4.78 is 25.7. The van der Waals surface area contributed by atoms with Crippen LogP contribution in [-0.4, -0.2) is 38.6 Å². The molecule has 0 heterocycles. The second-order valence-corrected chi connectivity index (χ2v) is 9.19. The lowest BCUT2D eigenvalue weighted by Crippen LogP contribution is -2.33. The Balaban J connectivity index is 1.97. The Hall–Kier alpha value is -2.94. The Kier molecular flexibility index (Phi) is 7.93. The summed E-state index contributed by atoms with van der Waals surface area (Å²) in [6.07, 6.45) is 1.50. The van der Waals surface area contributed by atoms with Gasteiger partial charge in [0.05, 0.1) is 16.9 Å². The van der Waals surface area contributed by atoms with Crippen molar-refractivity contribution in [2.24, 2.45) is 0 Å². The maximum Gasteiger partial charge on any atom is 0.271 e. The minimum Gasteiger partial charge on any atom is -0.356 e. The molecule has 2 aromatic carbocycles. The lowest BCUT2D eigenvalue weighted by Gasteiger charge is -2.24. The molecule has 8 nitrogen and oxygen atoms in total. The number of aryl methyl sites for hydroxylation is 1. The number of non-ortho nitro benzene ring substituents is 1. The largest absolute Gasteiger partial charge is 0.356 e. The number of nitrogens with zero attached hydrogens (tertiary/aromatic N) is 2. The summed E-state index contributed by atoms with van der Waals surface area (Å²) in [4.78, 5) is 22.7. The Morgan fingerprint density at radius 2 is 1.87 bits per heavy atom. The van der Waals surface area contributed by atoms with Crippen LogP contribution in [0.25, 0.3) is 0 Å². The summed E-state index contributed by atoms with van der Waals surface area (Å²) in [5, 5.41) is 13.9. The molecule has 162 valence electrons. The fraction of sp³-hybridized carbons (Fsp3) is 0.381. The Morgan fingerprint density at radius 3 is 2.47 bits per heavy atom. The average Bonchev–Trinajstić information content (AvgIpc) is 2.69. The molecule has 0 aromatic heterocycles. The first-order chi connectivity index (χ1) is 14.1.